The van der Waals surface area contributed by atoms with Crippen LogP contribution in [0.2, 0.25) is 5.28 Å². The monoisotopic (exact) mass is 145 g/mol. The lowest BCUT2D eigenvalue weighted by molar-refractivity contribution is 0.276. The Labute approximate surface area is 56.5 Å². The van der Waals surface area contributed by atoms with Crippen molar-refractivity contribution in [3.05, 3.63) is 17.2 Å². The molecule has 0 unspecified atom stereocenters. The van der Waals surface area contributed by atoms with Crippen molar-refractivity contribution in [2.75, 3.05) is 0 Å². The third kappa shape index (κ3) is 1.58. The van der Waals surface area contributed by atoms with Crippen molar-refractivity contribution >= 4 is 11.6 Å². The summed E-state index contributed by atoms with van der Waals surface area (Å²) in [5.41, 5.74) is 0.426. The van der Waals surface area contributed by atoms with Gasteiger partial charge in [-0.3, -0.25) is 0 Å². The zero-order chi connectivity index (χ0) is 6.69. The fraction of sp³-hybridized carbons (Fsp3) is 0.250. The van der Waals surface area contributed by atoms with Crippen LogP contribution in [0.5, 0.6) is 0 Å². The molecule has 0 saturated carbocycles. The van der Waals surface area contributed by atoms with Gasteiger partial charge in [0.1, 0.15) is 0 Å². The first-order chi connectivity index (χ1) is 4.33. The molecule has 0 aliphatic carbocycles. The van der Waals surface area contributed by atoms with Gasteiger partial charge in [0, 0.05) is 0 Å². The van der Waals surface area contributed by atoms with Gasteiger partial charge in [-0.1, -0.05) is 0 Å². The van der Waals surface area contributed by atoms with Crippen molar-refractivity contribution in [1.82, 2.24) is 15.2 Å². The zero-order valence-electron chi connectivity index (χ0n) is 4.45. The highest BCUT2D eigenvalue weighted by Gasteiger charge is 1.93. The number of aromatic nitrogens is 3. The second-order valence-electron chi connectivity index (χ2n) is 1.37. The molecule has 0 spiro atoms. The maximum atomic E-state index is 8.47. The first kappa shape index (κ1) is 6.38. The van der Waals surface area contributed by atoms with E-state index in [9.17, 15) is 0 Å². The minimum Gasteiger partial charge on any atom is -0.390 e. The standard InChI is InChI=1S/C4H4ClN3O/c5-4-7-3(2-9)1-6-8-4/h1,9H,2H2. The molecule has 0 aromatic carbocycles. The van der Waals surface area contributed by atoms with Gasteiger partial charge in [0.15, 0.2) is 0 Å². The molecule has 1 aromatic rings. The zero-order valence-corrected chi connectivity index (χ0v) is 5.21. The van der Waals surface area contributed by atoms with Crippen LogP contribution < -0.4 is 0 Å². The molecule has 1 heterocycles. The van der Waals surface area contributed by atoms with E-state index in [4.69, 9.17) is 16.7 Å². The van der Waals surface area contributed by atoms with E-state index >= 15 is 0 Å². The SMILES string of the molecule is OCc1cnnc(Cl)n1. The lowest BCUT2D eigenvalue weighted by Gasteiger charge is -1.90. The lowest BCUT2D eigenvalue weighted by Crippen LogP contribution is -1.93. The summed E-state index contributed by atoms with van der Waals surface area (Å²) in [5.74, 6) is 0. The minimum atomic E-state index is -0.158. The summed E-state index contributed by atoms with van der Waals surface area (Å²) in [6.07, 6.45) is 1.35. The molecule has 48 valence electrons. The molecule has 1 N–H and O–H groups in total. The maximum Gasteiger partial charge on any atom is 0.243 e. The quantitative estimate of drug-likeness (QED) is 0.605. The predicted molar refractivity (Wildman–Crippen MR) is 30.8 cm³/mol. The van der Waals surface area contributed by atoms with Crippen molar-refractivity contribution in [2.24, 2.45) is 0 Å². The third-order valence-electron chi connectivity index (χ3n) is 0.745. The summed E-state index contributed by atoms with van der Waals surface area (Å²) in [6, 6.07) is 0. The molecule has 0 fully saturated rings. The van der Waals surface area contributed by atoms with Gasteiger partial charge in [-0.25, -0.2) is 4.98 Å². The van der Waals surface area contributed by atoms with Crippen LogP contribution in [0, 0.1) is 0 Å². The van der Waals surface area contributed by atoms with Gasteiger partial charge < -0.3 is 5.11 Å². The van der Waals surface area contributed by atoms with E-state index in [2.05, 4.69) is 15.2 Å². The largest absolute Gasteiger partial charge is 0.390 e. The molecule has 1 rings (SSSR count). The molecule has 0 radical (unpaired) electrons. The summed E-state index contributed by atoms with van der Waals surface area (Å²) in [4.78, 5) is 3.63. The fourth-order valence-corrected chi connectivity index (χ4v) is 0.541. The van der Waals surface area contributed by atoms with Crippen molar-refractivity contribution < 1.29 is 5.11 Å². The summed E-state index contributed by atoms with van der Waals surface area (Å²) >= 11 is 5.33. The molecule has 0 atom stereocenters. The van der Waals surface area contributed by atoms with Crippen molar-refractivity contribution in [2.45, 2.75) is 6.61 Å². The topological polar surface area (TPSA) is 58.9 Å². The molecule has 0 amide bonds. The molecule has 0 aliphatic heterocycles. The summed E-state index contributed by atoms with van der Waals surface area (Å²) in [7, 11) is 0. The van der Waals surface area contributed by atoms with Crippen LogP contribution in [0.4, 0.5) is 0 Å². The van der Waals surface area contributed by atoms with E-state index < -0.39 is 0 Å². The normalized spacial score (nSPS) is 9.56. The number of halogens is 1. The Balaban J connectivity index is 2.94. The number of hydrogen-bond acceptors (Lipinski definition) is 4. The second-order valence-corrected chi connectivity index (χ2v) is 1.71. The Morgan fingerprint density at radius 3 is 2.89 bits per heavy atom. The van der Waals surface area contributed by atoms with Crippen molar-refractivity contribution in [3.63, 3.8) is 0 Å². The van der Waals surface area contributed by atoms with Crippen LogP contribution >= 0.6 is 11.6 Å². The third-order valence-corrected chi connectivity index (χ3v) is 0.905. The highest BCUT2D eigenvalue weighted by molar-refractivity contribution is 6.28. The van der Waals surface area contributed by atoms with Gasteiger partial charge >= 0.3 is 0 Å². The van der Waals surface area contributed by atoms with Crippen molar-refractivity contribution in [1.29, 1.82) is 0 Å². The molecule has 5 heteroatoms. The van der Waals surface area contributed by atoms with Gasteiger partial charge in [0.05, 0.1) is 18.5 Å². The number of aliphatic hydroxyl groups is 1. The summed E-state index contributed by atoms with van der Waals surface area (Å²) < 4.78 is 0. The first-order valence-electron chi connectivity index (χ1n) is 2.28. The van der Waals surface area contributed by atoms with Gasteiger partial charge in [-0.15, -0.1) is 5.10 Å². The van der Waals surface area contributed by atoms with Crippen LogP contribution in [-0.4, -0.2) is 20.3 Å². The van der Waals surface area contributed by atoms with E-state index in [1.54, 1.807) is 0 Å². The van der Waals surface area contributed by atoms with Crippen LogP contribution in [0.3, 0.4) is 0 Å². The highest BCUT2D eigenvalue weighted by atomic mass is 35.5. The van der Waals surface area contributed by atoms with E-state index in [0.717, 1.165) is 0 Å². The minimum absolute atomic E-state index is 0.0570. The number of hydrogen-bond donors (Lipinski definition) is 1. The van der Waals surface area contributed by atoms with Gasteiger partial charge in [0.2, 0.25) is 5.28 Å². The molecular formula is C4H4ClN3O. The number of rotatable bonds is 1. The van der Waals surface area contributed by atoms with E-state index in [1.807, 2.05) is 0 Å². The maximum absolute atomic E-state index is 8.47. The van der Waals surface area contributed by atoms with Crippen LogP contribution in [-0.2, 0) is 6.61 Å². The summed E-state index contributed by atoms with van der Waals surface area (Å²) in [5, 5.41) is 15.4. The van der Waals surface area contributed by atoms with Crippen LogP contribution in [0.15, 0.2) is 6.20 Å². The van der Waals surface area contributed by atoms with Gasteiger partial charge in [0.25, 0.3) is 0 Å². The number of nitrogens with zero attached hydrogens (tertiary/aromatic N) is 3. The molecule has 1 aromatic heterocycles. The smallest absolute Gasteiger partial charge is 0.243 e. The van der Waals surface area contributed by atoms with Crippen LogP contribution in [0.1, 0.15) is 5.69 Å². The Hall–Kier alpha value is -0.740. The van der Waals surface area contributed by atoms with Gasteiger partial charge in [-0.2, -0.15) is 5.10 Å². The Morgan fingerprint density at radius 1 is 1.67 bits per heavy atom. The highest BCUT2D eigenvalue weighted by Crippen LogP contribution is 1.97. The molecule has 4 nitrogen and oxygen atoms in total. The van der Waals surface area contributed by atoms with Crippen molar-refractivity contribution in [3.8, 4) is 0 Å². The molecule has 0 saturated heterocycles. The average Bonchev–Trinajstić information content (AvgIpc) is 1.88. The van der Waals surface area contributed by atoms with E-state index in [-0.39, 0.29) is 11.9 Å². The Kier molecular flexibility index (Phi) is 1.92. The van der Waals surface area contributed by atoms with E-state index in [1.165, 1.54) is 6.20 Å². The number of aliphatic hydroxyl groups excluding tert-OH is 1. The summed E-state index contributed by atoms with van der Waals surface area (Å²) in [6.45, 7) is -0.158. The Morgan fingerprint density at radius 2 is 2.44 bits per heavy atom. The first-order valence-corrected chi connectivity index (χ1v) is 2.65. The second kappa shape index (κ2) is 2.70. The average molecular weight is 146 g/mol. The lowest BCUT2D eigenvalue weighted by atomic mass is 10.5. The fourth-order valence-electron chi connectivity index (χ4n) is 0.389. The van der Waals surface area contributed by atoms with Gasteiger partial charge in [-0.05, 0) is 11.6 Å². The van der Waals surface area contributed by atoms with Crippen LogP contribution in [0.25, 0.3) is 0 Å². The Bertz CT molecular complexity index is 205. The molecule has 0 aliphatic rings. The predicted octanol–water partition coefficient (Wildman–Crippen LogP) is 0.0173. The molecule has 0 bridgehead atoms. The molecule has 9 heavy (non-hydrogen) atoms. The van der Waals surface area contributed by atoms with E-state index in [0.29, 0.717) is 5.69 Å². The molecular weight excluding hydrogens is 142 g/mol.